The van der Waals surface area contributed by atoms with E-state index in [0.717, 1.165) is 16.9 Å². The van der Waals surface area contributed by atoms with Gasteiger partial charge in [-0.05, 0) is 36.8 Å². The third-order valence-corrected chi connectivity index (χ3v) is 3.84. The number of para-hydroxylation sites is 1. The minimum Gasteiger partial charge on any atom is -0.339 e. The number of aromatic nitrogens is 3. The van der Waals surface area contributed by atoms with Crippen LogP contribution in [0.5, 0.6) is 0 Å². The number of halogens is 1. The van der Waals surface area contributed by atoms with Crippen LogP contribution >= 0.6 is 11.6 Å². The van der Waals surface area contributed by atoms with Crippen LogP contribution in [-0.4, -0.2) is 22.2 Å². The molecule has 0 radical (unpaired) electrons. The van der Waals surface area contributed by atoms with Crippen molar-refractivity contribution >= 4 is 34.7 Å². The largest absolute Gasteiger partial charge is 0.339 e. The summed E-state index contributed by atoms with van der Waals surface area (Å²) in [6, 6.07) is 15.6. The van der Waals surface area contributed by atoms with E-state index in [0.29, 0.717) is 16.8 Å². The van der Waals surface area contributed by atoms with Crippen molar-refractivity contribution in [1.29, 1.82) is 0 Å². The van der Waals surface area contributed by atoms with Gasteiger partial charge in [-0.3, -0.25) is 0 Å². The maximum Gasteiger partial charge on any atom is 0.251 e. The van der Waals surface area contributed by atoms with Crippen LogP contribution in [0.4, 0.5) is 23.1 Å². The van der Waals surface area contributed by atoms with Gasteiger partial charge in [0.15, 0.2) is 5.82 Å². The smallest absolute Gasteiger partial charge is 0.251 e. The molecule has 3 aromatic rings. The van der Waals surface area contributed by atoms with E-state index in [-0.39, 0.29) is 0 Å². The Balaban J connectivity index is 1.83. The van der Waals surface area contributed by atoms with Crippen LogP contribution in [0.1, 0.15) is 5.56 Å². The number of aryl methyl sites for hydroxylation is 1. The second kappa shape index (κ2) is 6.62. The van der Waals surface area contributed by atoms with Crippen molar-refractivity contribution in [3.63, 3.8) is 0 Å². The van der Waals surface area contributed by atoms with Crippen molar-refractivity contribution in [2.75, 3.05) is 17.3 Å². The summed E-state index contributed by atoms with van der Waals surface area (Å²) in [5.74, 6) is 1.12. The third-order valence-electron chi connectivity index (χ3n) is 3.44. The van der Waals surface area contributed by atoms with Gasteiger partial charge in [0.05, 0.1) is 6.20 Å². The average Bonchev–Trinajstić information content (AvgIpc) is 2.58. The molecule has 6 heteroatoms. The first-order valence-corrected chi connectivity index (χ1v) is 7.53. The van der Waals surface area contributed by atoms with Crippen LogP contribution in [0.2, 0.25) is 5.02 Å². The molecule has 0 aliphatic heterocycles. The van der Waals surface area contributed by atoms with Crippen molar-refractivity contribution in [2.24, 2.45) is 0 Å². The second-order valence-electron chi connectivity index (χ2n) is 5.13. The first-order chi connectivity index (χ1) is 11.1. The van der Waals surface area contributed by atoms with Crippen molar-refractivity contribution in [2.45, 2.75) is 6.92 Å². The molecule has 0 amide bonds. The molecule has 116 valence electrons. The van der Waals surface area contributed by atoms with Crippen LogP contribution < -0.4 is 10.2 Å². The van der Waals surface area contributed by atoms with E-state index in [2.05, 4.69) is 20.5 Å². The summed E-state index contributed by atoms with van der Waals surface area (Å²) in [6.07, 6.45) is 1.58. The highest BCUT2D eigenvalue weighted by Gasteiger charge is 2.08. The Morgan fingerprint density at radius 1 is 1.09 bits per heavy atom. The molecule has 0 saturated heterocycles. The van der Waals surface area contributed by atoms with Gasteiger partial charge in [-0.25, -0.2) is 0 Å². The van der Waals surface area contributed by atoms with Crippen LogP contribution in [0.3, 0.4) is 0 Å². The van der Waals surface area contributed by atoms with Gasteiger partial charge in [-0.15, -0.1) is 5.10 Å². The summed E-state index contributed by atoms with van der Waals surface area (Å²) in [5.41, 5.74) is 2.88. The fourth-order valence-corrected chi connectivity index (χ4v) is 2.26. The van der Waals surface area contributed by atoms with Crippen molar-refractivity contribution in [3.05, 3.63) is 65.3 Å². The fourth-order valence-electron chi connectivity index (χ4n) is 2.08. The molecule has 3 rings (SSSR count). The van der Waals surface area contributed by atoms with Gasteiger partial charge in [0.25, 0.3) is 5.95 Å². The first-order valence-electron chi connectivity index (χ1n) is 7.15. The molecule has 5 nitrogen and oxygen atoms in total. The molecule has 0 fully saturated rings. The summed E-state index contributed by atoms with van der Waals surface area (Å²) in [7, 11) is 1.90. The van der Waals surface area contributed by atoms with Gasteiger partial charge in [0.2, 0.25) is 0 Å². The Bertz CT molecular complexity index is 807. The second-order valence-corrected chi connectivity index (χ2v) is 5.53. The Hall–Kier alpha value is -2.66. The van der Waals surface area contributed by atoms with Crippen LogP contribution in [0, 0.1) is 6.92 Å². The van der Waals surface area contributed by atoms with Crippen LogP contribution in [0.25, 0.3) is 0 Å². The van der Waals surface area contributed by atoms with Gasteiger partial charge in [-0.2, -0.15) is 10.1 Å². The molecule has 1 N–H and O–H groups in total. The Morgan fingerprint density at radius 2 is 1.87 bits per heavy atom. The molecule has 0 bridgehead atoms. The highest BCUT2D eigenvalue weighted by molar-refractivity contribution is 6.31. The van der Waals surface area contributed by atoms with Gasteiger partial charge < -0.3 is 10.2 Å². The number of nitrogens with one attached hydrogen (secondary N) is 1. The monoisotopic (exact) mass is 325 g/mol. The van der Waals surface area contributed by atoms with Gasteiger partial charge in [0, 0.05) is 23.4 Å². The lowest BCUT2D eigenvalue weighted by Gasteiger charge is -2.17. The molecule has 0 aliphatic carbocycles. The Morgan fingerprint density at radius 3 is 2.61 bits per heavy atom. The molecule has 1 heterocycles. The summed E-state index contributed by atoms with van der Waals surface area (Å²) in [4.78, 5) is 6.37. The average molecular weight is 326 g/mol. The zero-order valence-corrected chi connectivity index (χ0v) is 13.6. The van der Waals surface area contributed by atoms with E-state index in [4.69, 9.17) is 11.6 Å². The number of rotatable bonds is 4. The molecule has 0 saturated carbocycles. The number of benzene rings is 2. The topological polar surface area (TPSA) is 53.9 Å². The number of hydrogen-bond acceptors (Lipinski definition) is 5. The maximum atomic E-state index is 6.15. The van der Waals surface area contributed by atoms with Crippen LogP contribution in [-0.2, 0) is 0 Å². The molecular formula is C17H16ClN5. The van der Waals surface area contributed by atoms with E-state index in [9.17, 15) is 0 Å². The summed E-state index contributed by atoms with van der Waals surface area (Å²) in [5, 5.41) is 12.0. The zero-order chi connectivity index (χ0) is 16.2. The van der Waals surface area contributed by atoms with Crippen LogP contribution in [0.15, 0.2) is 54.7 Å². The minimum atomic E-state index is 0.513. The lowest BCUT2D eigenvalue weighted by atomic mass is 10.2. The molecule has 1 aromatic heterocycles. The summed E-state index contributed by atoms with van der Waals surface area (Å²) >= 11 is 6.15. The lowest BCUT2D eigenvalue weighted by molar-refractivity contribution is 0.932. The molecule has 23 heavy (non-hydrogen) atoms. The number of hydrogen-bond donors (Lipinski definition) is 1. The van der Waals surface area contributed by atoms with Crippen molar-refractivity contribution < 1.29 is 0 Å². The predicted octanol–water partition coefficient (Wildman–Crippen LogP) is 4.34. The number of anilines is 4. The minimum absolute atomic E-state index is 0.513. The zero-order valence-electron chi connectivity index (χ0n) is 12.9. The van der Waals surface area contributed by atoms with E-state index < -0.39 is 0 Å². The Kier molecular flexibility index (Phi) is 4.39. The normalized spacial score (nSPS) is 10.4. The van der Waals surface area contributed by atoms with Crippen molar-refractivity contribution in [3.8, 4) is 0 Å². The van der Waals surface area contributed by atoms with E-state index >= 15 is 0 Å². The molecule has 0 aliphatic rings. The van der Waals surface area contributed by atoms with Gasteiger partial charge >= 0.3 is 0 Å². The van der Waals surface area contributed by atoms with Crippen molar-refractivity contribution in [1.82, 2.24) is 15.2 Å². The third kappa shape index (κ3) is 3.57. The molecule has 0 atom stereocenters. The maximum absolute atomic E-state index is 6.15. The SMILES string of the molecule is Cc1ccc(Nc2cnnc(N(C)c3ccccc3)n2)cc1Cl. The van der Waals surface area contributed by atoms with Gasteiger partial charge in [0.1, 0.15) is 0 Å². The first kappa shape index (κ1) is 15.2. The quantitative estimate of drug-likeness (QED) is 0.773. The highest BCUT2D eigenvalue weighted by Crippen LogP contribution is 2.24. The molecule has 0 spiro atoms. The standard InChI is InChI=1S/C17H16ClN5/c1-12-8-9-13(10-15(12)18)20-16-11-19-22-17(21-16)23(2)14-6-4-3-5-7-14/h3-11H,1-2H3,(H,20,21,22). The van der Waals surface area contributed by atoms with E-state index in [1.165, 1.54) is 0 Å². The Labute approximate surface area is 140 Å². The molecular weight excluding hydrogens is 310 g/mol. The predicted molar refractivity (Wildman–Crippen MR) is 93.8 cm³/mol. The van der Waals surface area contributed by atoms with E-state index in [1.54, 1.807) is 6.20 Å². The summed E-state index contributed by atoms with van der Waals surface area (Å²) < 4.78 is 0. The van der Waals surface area contributed by atoms with E-state index in [1.807, 2.05) is 67.4 Å². The fraction of sp³-hybridized carbons (Fsp3) is 0.118. The molecule has 2 aromatic carbocycles. The molecule has 0 unspecified atom stereocenters. The summed E-state index contributed by atoms with van der Waals surface area (Å²) in [6.45, 7) is 1.96. The lowest BCUT2D eigenvalue weighted by Crippen LogP contribution is -2.14. The number of nitrogens with zero attached hydrogens (tertiary/aromatic N) is 4. The van der Waals surface area contributed by atoms with Gasteiger partial charge in [-0.1, -0.05) is 35.9 Å². The highest BCUT2D eigenvalue weighted by atomic mass is 35.5.